The zero-order valence-corrected chi connectivity index (χ0v) is 27.6. The molecular formula is C36H46F2N4O5. The number of hydrogen-bond donors (Lipinski definition) is 2. The summed E-state index contributed by atoms with van der Waals surface area (Å²) in [5.41, 5.74) is 1.81. The van der Waals surface area contributed by atoms with Crippen LogP contribution in [0.1, 0.15) is 58.5 Å². The zero-order chi connectivity index (χ0) is 34.2. The average molecular weight is 653 g/mol. The SMILES string of the molecule is CCCN(CCC)C(=O)c1cccc(C(=O)NC(Cc2cc(F)cc(F)c2)C(CNCc2ccccc2)OC(=O)OCCN(C)C)c1. The molecule has 2 atom stereocenters. The fourth-order valence-electron chi connectivity index (χ4n) is 5.03. The van der Waals surface area contributed by atoms with Gasteiger partial charge in [-0.15, -0.1) is 0 Å². The molecule has 0 spiro atoms. The van der Waals surface area contributed by atoms with Crippen molar-refractivity contribution in [3.8, 4) is 0 Å². The Morgan fingerprint density at radius 2 is 1.47 bits per heavy atom. The normalized spacial score (nSPS) is 12.3. The molecule has 0 radical (unpaired) electrons. The summed E-state index contributed by atoms with van der Waals surface area (Å²) < 4.78 is 39.5. The smallest absolute Gasteiger partial charge is 0.433 e. The highest BCUT2D eigenvalue weighted by Gasteiger charge is 2.29. The third-order valence-corrected chi connectivity index (χ3v) is 7.31. The van der Waals surface area contributed by atoms with E-state index < -0.39 is 35.8 Å². The Kier molecular flexibility index (Phi) is 15.3. The van der Waals surface area contributed by atoms with Crippen molar-refractivity contribution in [3.05, 3.63) is 107 Å². The van der Waals surface area contributed by atoms with Gasteiger partial charge in [-0.05, 0) is 74.8 Å². The molecule has 3 aromatic carbocycles. The van der Waals surface area contributed by atoms with Gasteiger partial charge in [0.1, 0.15) is 24.3 Å². The van der Waals surface area contributed by atoms with E-state index in [-0.39, 0.29) is 36.6 Å². The molecular weight excluding hydrogens is 606 g/mol. The van der Waals surface area contributed by atoms with Crippen molar-refractivity contribution in [1.82, 2.24) is 20.4 Å². The lowest BCUT2D eigenvalue weighted by molar-refractivity contribution is 0.00792. The second-order valence-electron chi connectivity index (χ2n) is 11.6. The molecule has 0 aliphatic rings. The summed E-state index contributed by atoms with van der Waals surface area (Å²) in [6.07, 6.45) is -0.419. The highest BCUT2D eigenvalue weighted by molar-refractivity contribution is 5.99. The van der Waals surface area contributed by atoms with E-state index in [1.54, 1.807) is 23.1 Å². The Morgan fingerprint density at radius 1 is 0.809 bits per heavy atom. The van der Waals surface area contributed by atoms with Crippen LogP contribution in [-0.4, -0.2) is 86.8 Å². The molecule has 9 nitrogen and oxygen atoms in total. The summed E-state index contributed by atoms with van der Waals surface area (Å²) in [7, 11) is 3.67. The van der Waals surface area contributed by atoms with Crippen LogP contribution in [0.25, 0.3) is 0 Å². The maximum Gasteiger partial charge on any atom is 0.508 e. The first-order valence-corrected chi connectivity index (χ1v) is 16.0. The van der Waals surface area contributed by atoms with Gasteiger partial charge in [-0.25, -0.2) is 13.6 Å². The van der Waals surface area contributed by atoms with Crippen LogP contribution < -0.4 is 10.6 Å². The highest BCUT2D eigenvalue weighted by Crippen LogP contribution is 2.16. The number of benzene rings is 3. The number of carbonyl (C=O) groups is 3. The monoisotopic (exact) mass is 652 g/mol. The fourth-order valence-corrected chi connectivity index (χ4v) is 5.03. The van der Waals surface area contributed by atoms with E-state index in [1.807, 2.05) is 63.2 Å². The van der Waals surface area contributed by atoms with Crippen LogP contribution in [0.15, 0.2) is 72.8 Å². The molecule has 11 heteroatoms. The van der Waals surface area contributed by atoms with Crippen molar-refractivity contribution < 1.29 is 32.6 Å². The number of nitrogens with one attached hydrogen (secondary N) is 2. The lowest BCUT2D eigenvalue weighted by Crippen LogP contribution is -2.50. The number of amides is 2. The minimum Gasteiger partial charge on any atom is -0.433 e. The molecule has 0 fully saturated rings. The van der Waals surface area contributed by atoms with Crippen molar-refractivity contribution in [2.24, 2.45) is 0 Å². The van der Waals surface area contributed by atoms with Crippen LogP contribution in [0.4, 0.5) is 13.6 Å². The fraction of sp³-hybridized carbons (Fsp3) is 0.417. The predicted molar refractivity (Wildman–Crippen MR) is 177 cm³/mol. The van der Waals surface area contributed by atoms with Crippen molar-refractivity contribution >= 4 is 18.0 Å². The van der Waals surface area contributed by atoms with Crippen molar-refractivity contribution in [2.45, 2.75) is 51.8 Å². The van der Waals surface area contributed by atoms with Gasteiger partial charge in [0.15, 0.2) is 0 Å². The van der Waals surface area contributed by atoms with Gasteiger partial charge in [0.2, 0.25) is 0 Å². The molecule has 0 aliphatic heterocycles. The molecule has 0 aliphatic carbocycles. The number of nitrogens with zero attached hydrogens (tertiary/aromatic N) is 2. The summed E-state index contributed by atoms with van der Waals surface area (Å²) in [6.45, 7) is 6.24. The van der Waals surface area contributed by atoms with E-state index >= 15 is 0 Å². The topological polar surface area (TPSA) is 100 Å². The summed E-state index contributed by atoms with van der Waals surface area (Å²) in [5, 5.41) is 6.16. The number of rotatable bonds is 18. The zero-order valence-electron chi connectivity index (χ0n) is 27.6. The number of hydrogen-bond acceptors (Lipinski definition) is 7. The Morgan fingerprint density at radius 3 is 2.11 bits per heavy atom. The van der Waals surface area contributed by atoms with Gasteiger partial charge in [0, 0.05) is 49.9 Å². The summed E-state index contributed by atoms with van der Waals surface area (Å²) in [6, 6.07) is 18.1. The van der Waals surface area contributed by atoms with Gasteiger partial charge < -0.3 is 29.9 Å². The maximum absolute atomic E-state index is 14.2. The second kappa shape index (κ2) is 19.3. The van der Waals surface area contributed by atoms with Gasteiger partial charge in [-0.3, -0.25) is 9.59 Å². The quantitative estimate of drug-likeness (QED) is 0.177. The van der Waals surface area contributed by atoms with Gasteiger partial charge in [0.25, 0.3) is 11.8 Å². The van der Waals surface area contributed by atoms with Crippen LogP contribution in [0.3, 0.4) is 0 Å². The lowest BCUT2D eigenvalue weighted by Gasteiger charge is -2.28. The van der Waals surface area contributed by atoms with Gasteiger partial charge >= 0.3 is 6.16 Å². The van der Waals surface area contributed by atoms with E-state index in [1.165, 1.54) is 18.2 Å². The molecule has 0 saturated heterocycles. The summed E-state index contributed by atoms with van der Waals surface area (Å²) >= 11 is 0. The second-order valence-corrected chi connectivity index (χ2v) is 11.6. The van der Waals surface area contributed by atoms with E-state index in [9.17, 15) is 23.2 Å². The van der Waals surface area contributed by atoms with E-state index in [2.05, 4.69) is 10.6 Å². The third kappa shape index (κ3) is 12.8. The van der Waals surface area contributed by atoms with Crippen LogP contribution >= 0.6 is 0 Å². The van der Waals surface area contributed by atoms with Gasteiger partial charge in [0.05, 0.1) is 6.04 Å². The van der Waals surface area contributed by atoms with E-state index in [0.29, 0.717) is 31.7 Å². The number of likely N-dealkylation sites (N-methyl/N-ethyl adjacent to an activating group) is 1. The van der Waals surface area contributed by atoms with Gasteiger partial charge in [-0.2, -0.15) is 0 Å². The average Bonchev–Trinajstić information content (AvgIpc) is 3.03. The van der Waals surface area contributed by atoms with Crippen molar-refractivity contribution in [3.63, 3.8) is 0 Å². The van der Waals surface area contributed by atoms with Crippen molar-refractivity contribution in [1.29, 1.82) is 0 Å². The molecule has 2 amide bonds. The minimum absolute atomic E-state index is 0.0670. The van der Waals surface area contributed by atoms with Gasteiger partial charge in [-0.1, -0.05) is 50.2 Å². The van der Waals surface area contributed by atoms with E-state index in [4.69, 9.17) is 9.47 Å². The largest absolute Gasteiger partial charge is 0.508 e. The number of halogens is 2. The summed E-state index contributed by atoms with van der Waals surface area (Å²) in [4.78, 5) is 43.4. The standard InChI is InChI=1S/C36H46F2N4O5/c1-5-15-42(16-6-2)35(44)29-14-10-13-28(22-29)34(43)40-32(21-27-19-30(37)23-31(38)20-27)33(47-36(45)46-18-17-41(3)4)25-39-24-26-11-8-7-9-12-26/h7-14,19-20,22-23,32-33,39H,5-6,15-18,21,24-25H2,1-4H3,(H,40,43). The number of carbonyl (C=O) groups excluding carboxylic acids is 3. The maximum atomic E-state index is 14.2. The molecule has 0 heterocycles. The minimum atomic E-state index is -1.00. The van der Waals surface area contributed by atoms with Crippen LogP contribution in [-0.2, 0) is 22.4 Å². The van der Waals surface area contributed by atoms with Crippen molar-refractivity contribution in [2.75, 3.05) is 46.9 Å². The summed E-state index contributed by atoms with van der Waals surface area (Å²) in [5.74, 6) is -2.27. The van der Waals surface area contributed by atoms with Crippen LogP contribution in [0, 0.1) is 11.6 Å². The first-order valence-electron chi connectivity index (χ1n) is 16.0. The molecule has 2 unspecified atom stereocenters. The lowest BCUT2D eigenvalue weighted by atomic mass is 9.99. The highest BCUT2D eigenvalue weighted by atomic mass is 19.1. The molecule has 0 bridgehead atoms. The first-order chi connectivity index (χ1) is 22.6. The Balaban J connectivity index is 1.90. The Labute approximate surface area is 276 Å². The Hall–Kier alpha value is -4.35. The van der Waals surface area contributed by atoms with E-state index in [0.717, 1.165) is 24.5 Å². The Bertz CT molecular complexity index is 1410. The first kappa shape index (κ1) is 37.1. The molecule has 3 rings (SSSR count). The van der Waals surface area contributed by atoms with Crippen LogP contribution in [0.5, 0.6) is 0 Å². The molecule has 0 saturated carbocycles. The molecule has 0 aromatic heterocycles. The predicted octanol–water partition coefficient (Wildman–Crippen LogP) is 5.44. The number of ether oxygens (including phenoxy) is 2. The molecule has 254 valence electrons. The molecule has 2 N–H and O–H groups in total. The molecule has 47 heavy (non-hydrogen) atoms. The molecule has 3 aromatic rings. The van der Waals surface area contributed by atoms with Crippen LogP contribution in [0.2, 0.25) is 0 Å². The third-order valence-electron chi connectivity index (χ3n) is 7.31.